The Hall–Kier alpha value is -2.95. The Morgan fingerprint density at radius 2 is 2.04 bits per heavy atom. The summed E-state index contributed by atoms with van der Waals surface area (Å²) in [7, 11) is 1.64. The minimum Gasteiger partial charge on any atom is -0.497 e. The van der Waals surface area contributed by atoms with E-state index < -0.39 is 0 Å². The lowest BCUT2D eigenvalue weighted by Crippen LogP contribution is -2.23. The molecule has 5 heteroatoms. The zero-order valence-corrected chi connectivity index (χ0v) is 14.7. The number of rotatable bonds is 6. The van der Waals surface area contributed by atoms with Gasteiger partial charge >= 0.3 is 0 Å². The number of nitrogens with one attached hydrogen (secondary N) is 2. The number of methoxy groups -OCH3 is 1. The van der Waals surface area contributed by atoms with E-state index in [1.54, 1.807) is 7.11 Å². The highest BCUT2D eigenvalue weighted by Crippen LogP contribution is 2.22. The van der Waals surface area contributed by atoms with Crippen molar-refractivity contribution in [3.63, 3.8) is 0 Å². The van der Waals surface area contributed by atoms with Crippen molar-refractivity contribution in [3.8, 4) is 5.75 Å². The molecule has 0 spiro atoms. The van der Waals surface area contributed by atoms with Gasteiger partial charge in [-0.25, -0.2) is 0 Å². The number of hydrogen-bond donors (Lipinski definition) is 3. The molecule has 0 saturated heterocycles. The first kappa shape index (κ1) is 16.9. The molecule has 5 nitrogen and oxygen atoms in total. The summed E-state index contributed by atoms with van der Waals surface area (Å²) in [6.45, 7) is 2.80. The molecule has 1 aromatic heterocycles. The molecule has 0 radical (unpaired) electrons. The highest BCUT2D eigenvalue weighted by Gasteiger charge is 2.06. The predicted molar refractivity (Wildman–Crippen MR) is 104 cm³/mol. The van der Waals surface area contributed by atoms with E-state index in [0.29, 0.717) is 12.5 Å². The van der Waals surface area contributed by atoms with E-state index in [0.717, 1.165) is 24.3 Å². The molecule has 0 saturated carbocycles. The summed E-state index contributed by atoms with van der Waals surface area (Å²) in [6.07, 6.45) is 3.94. The summed E-state index contributed by atoms with van der Waals surface area (Å²) in [4.78, 5) is 7.82. The molecule has 25 heavy (non-hydrogen) atoms. The maximum absolute atomic E-state index is 5.99. The van der Waals surface area contributed by atoms with Gasteiger partial charge in [-0.2, -0.15) is 0 Å². The van der Waals surface area contributed by atoms with Gasteiger partial charge in [-0.15, -0.1) is 0 Å². The number of aliphatic imine (C=N–C) groups is 1. The van der Waals surface area contributed by atoms with Crippen LogP contribution in [-0.2, 0) is 12.8 Å². The van der Waals surface area contributed by atoms with Crippen LogP contribution in [0, 0.1) is 0 Å². The highest BCUT2D eigenvalue weighted by molar-refractivity contribution is 5.92. The number of fused-ring (bicyclic) bond motifs is 1. The minimum atomic E-state index is 0.405. The number of anilines is 1. The molecule has 0 atom stereocenters. The first-order valence-corrected chi connectivity index (χ1v) is 8.50. The van der Waals surface area contributed by atoms with Gasteiger partial charge in [0.05, 0.1) is 7.11 Å². The largest absolute Gasteiger partial charge is 0.497 e. The van der Waals surface area contributed by atoms with E-state index in [9.17, 15) is 0 Å². The molecule has 3 aromatic rings. The second-order valence-corrected chi connectivity index (χ2v) is 5.88. The molecule has 1 heterocycles. The van der Waals surface area contributed by atoms with Crippen LogP contribution in [0.2, 0.25) is 0 Å². The summed E-state index contributed by atoms with van der Waals surface area (Å²) in [5.41, 5.74) is 10.7. The van der Waals surface area contributed by atoms with Gasteiger partial charge in [0.15, 0.2) is 5.96 Å². The van der Waals surface area contributed by atoms with Crippen molar-refractivity contribution in [2.45, 2.75) is 19.8 Å². The number of nitrogens with zero attached hydrogens (tertiary/aromatic N) is 1. The van der Waals surface area contributed by atoms with Crippen LogP contribution < -0.4 is 15.8 Å². The lowest BCUT2D eigenvalue weighted by Gasteiger charge is -2.07. The average Bonchev–Trinajstić information content (AvgIpc) is 3.05. The predicted octanol–water partition coefficient (Wildman–Crippen LogP) is 3.71. The van der Waals surface area contributed by atoms with Gasteiger partial charge in [0.2, 0.25) is 0 Å². The van der Waals surface area contributed by atoms with Gasteiger partial charge in [0, 0.05) is 35.4 Å². The van der Waals surface area contributed by atoms with Crippen molar-refractivity contribution in [2.75, 3.05) is 19.0 Å². The molecule has 0 unspecified atom stereocenters. The van der Waals surface area contributed by atoms with E-state index in [1.807, 2.05) is 24.3 Å². The Morgan fingerprint density at radius 1 is 1.20 bits per heavy atom. The van der Waals surface area contributed by atoms with Crippen LogP contribution >= 0.6 is 0 Å². The minimum absolute atomic E-state index is 0.405. The van der Waals surface area contributed by atoms with Gasteiger partial charge < -0.3 is 20.8 Å². The Balaban J connectivity index is 1.64. The van der Waals surface area contributed by atoms with Crippen molar-refractivity contribution in [2.24, 2.45) is 10.7 Å². The van der Waals surface area contributed by atoms with Crippen LogP contribution in [-0.4, -0.2) is 24.6 Å². The number of aromatic amines is 1. The zero-order chi connectivity index (χ0) is 17.6. The fraction of sp³-hybridized carbons (Fsp3) is 0.250. The smallest absolute Gasteiger partial charge is 0.193 e. The van der Waals surface area contributed by atoms with Crippen molar-refractivity contribution in [1.29, 1.82) is 0 Å². The van der Waals surface area contributed by atoms with Crippen LogP contribution in [0.1, 0.15) is 18.1 Å². The molecule has 2 aromatic carbocycles. The first-order valence-electron chi connectivity index (χ1n) is 8.50. The molecule has 4 N–H and O–H groups in total. The number of benzene rings is 2. The number of nitrogens with two attached hydrogens (primary N) is 1. The summed E-state index contributed by atoms with van der Waals surface area (Å²) in [5.74, 6) is 1.19. The molecule has 130 valence electrons. The van der Waals surface area contributed by atoms with Crippen LogP contribution in [0.15, 0.2) is 53.7 Å². The number of H-pyrrole nitrogens is 1. The Morgan fingerprint density at radius 3 is 2.84 bits per heavy atom. The third-order valence-electron chi connectivity index (χ3n) is 4.27. The third kappa shape index (κ3) is 3.94. The SMILES string of the molecule is CCc1cccc2c(CCN=C(N)Nc3cccc(OC)c3)c[nH]c12. The van der Waals surface area contributed by atoms with E-state index in [2.05, 4.69) is 46.6 Å². The quantitative estimate of drug-likeness (QED) is 0.474. The monoisotopic (exact) mass is 336 g/mol. The van der Waals surface area contributed by atoms with Gasteiger partial charge in [-0.1, -0.05) is 31.2 Å². The van der Waals surface area contributed by atoms with E-state index in [1.165, 1.54) is 22.0 Å². The second kappa shape index (κ2) is 7.75. The lowest BCUT2D eigenvalue weighted by molar-refractivity contribution is 0.415. The second-order valence-electron chi connectivity index (χ2n) is 5.88. The number of hydrogen-bond acceptors (Lipinski definition) is 2. The van der Waals surface area contributed by atoms with Crippen molar-refractivity contribution < 1.29 is 4.74 Å². The van der Waals surface area contributed by atoms with Crippen LogP contribution in [0.3, 0.4) is 0 Å². The number of aryl methyl sites for hydroxylation is 1. The van der Waals surface area contributed by atoms with Crippen molar-refractivity contribution in [1.82, 2.24) is 4.98 Å². The number of ether oxygens (including phenoxy) is 1. The maximum Gasteiger partial charge on any atom is 0.193 e. The molecule has 0 bridgehead atoms. The van der Waals surface area contributed by atoms with Crippen molar-refractivity contribution >= 4 is 22.5 Å². The maximum atomic E-state index is 5.99. The first-order chi connectivity index (χ1) is 12.2. The normalized spacial score (nSPS) is 11.7. The molecule has 3 rings (SSSR count). The van der Waals surface area contributed by atoms with E-state index in [4.69, 9.17) is 10.5 Å². The Labute approximate surface area is 147 Å². The molecular formula is C20H24N4O. The average molecular weight is 336 g/mol. The van der Waals surface area contributed by atoms with E-state index >= 15 is 0 Å². The number of aromatic nitrogens is 1. The fourth-order valence-electron chi connectivity index (χ4n) is 2.96. The Kier molecular flexibility index (Phi) is 5.23. The van der Waals surface area contributed by atoms with E-state index in [-0.39, 0.29) is 0 Å². The standard InChI is InChI=1S/C20H24N4O/c1-3-14-6-4-9-18-15(13-23-19(14)18)10-11-22-20(21)24-16-7-5-8-17(12-16)25-2/h4-9,12-13,23H,3,10-11H2,1-2H3,(H3,21,22,24). The van der Waals surface area contributed by atoms with Gasteiger partial charge in [-0.05, 0) is 36.1 Å². The van der Waals surface area contributed by atoms with Crippen LogP contribution in [0.25, 0.3) is 10.9 Å². The summed E-state index contributed by atoms with van der Waals surface area (Å²) >= 11 is 0. The summed E-state index contributed by atoms with van der Waals surface area (Å²) in [6, 6.07) is 14.0. The topological polar surface area (TPSA) is 75.4 Å². The fourth-order valence-corrected chi connectivity index (χ4v) is 2.96. The molecule has 0 amide bonds. The van der Waals surface area contributed by atoms with Gasteiger partial charge in [0.25, 0.3) is 0 Å². The van der Waals surface area contributed by atoms with Gasteiger partial charge in [0.1, 0.15) is 5.75 Å². The number of guanidine groups is 1. The van der Waals surface area contributed by atoms with Crippen LogP contribution in [0.4, 0.5) is 5.69 Å². The summed E-state index contributed by atoms with van der Waals surface area (Å²) in [5, 5.41) is 4.36. The lowest BCUT2D eigenvalue weighted by atomic mass is 10.1. The molecular weight excluding hydrogens is 312 g/mol. The molecule has 0 aliphatic rings. The van der Waals surface area contributed by atoms with Crippen LogP contribution in [0.5, 0.6) is 5.75 Å². The molecule has 0 fully saturated rings. The molecule has 0 aliphatic carbocycles. The Bertz CT molecular complexity index is 882. The molecule has 0 aliphatic heterocycles. The van der Waals surface area contributed by atoms with Gasteiger partial charge in [-0.3, -0.25) is 4.99 Å². The zero-order valence-electron chi connectivity index (χ0n) is 14.7. The summed E-state index contributed by atoms with van der Waals surface area (Å²) < 4.78 is 5.20. The highest BCUT2D eigenvalue weighted by atomic mass is 16.5. The van der Waals surface area contributed by atoms with Crippen molar-refractivity contribution in [3.05, 3.63) is 59.8 Å². The third-order valence-corrected chi connectivity index (χ3v) is 4.27. The number of para-hydroxylation sites is 1.